The maximum atomic E-state index is 14.4. The van der Waals surface area contributed by atoms with Gasteiger partial charge in [-0.05, 0) is 110 Å². The van der Waals surface area contributed by atoms with Crippen molar-refractivity contribution in [1.29, 1.82) is 0 Å². The first-order chi connectivity index (χ1) is 22.5. The molecule has 47 heavy (non-hydrogen) atoms. The Balaban J connectivity index is 1.56. The summed E-state index contributed by atoms with van der Waals surface area (Å²) in [6.45, 7) is 18.6. The predicted molar refractivity (Wildman–Crippen MR) is 190 cm³/mol. The van der Waals surface area contributed by atoms with Crippen molar-refractivity contribution < 1.29 is 24.1 Å². The van der Waals surface area contributed by atoms with Gasteiger partial charge in [0.05, 0.1) is 12.0 Å². The number of β-amino-alcohol motifs (C(OH)–C–C–N with tert-alkyl or cyclic N) is 1. The predicted octanol–water partition coefficient (Wildman–Crippen LogP) is 6.92. The summed E-state index contributed by atoms with van der Waals surface area (Å²) in [5.74, 6) is 1.32. The molecule has 3 heterocycles. The second-order valence-electron chi connectivity index (χ2n) is 14.2. The Morgan fingerprint density at radius 3 is 1.98 bits per heavy atom. The van der Waals surface area contributed by atoms with Crippen molar-refractivity contribution >= 4 is 21.9 Å². The minimum absolute atomic E-state index is 0.0889. The first-order valence-electron chi connectivity index (χ1n) is 17.4. The van der Waals surface area contributed by atoms with Gasteiger partial charge in [-0.25, -0.2) is 0 Å². The second-order valence-corrected chi connectivity index (χ2v) is 14.2. The number of phenols is 1. The van der Waals surface area contributed by atoms with Crippen LogP contribution >= 0.6 is 0 Å². The van der Waals surface area contributed by atoms with Crippen LogP contribution in [0.1, 0.15) is 77.0 Å². The van der Waals surface area contributed by atoms with Gasteiger partial charge in [-0.15, -0.1) is 0 Å². The molecule has 0 saturated carbocycles. The summed E-state index contributed by atoms with van der Waals surface area (Å²) >= 11 is 0. The summed E-state index contributed by atoms with van der Waals surface area (Å²) < 4.78 is 19.1. The maximum absolute atomic E-state index is 14.4. The van der Waals surface area contributed by atoms with Crippen molar-refractivity contribution in [3.05, 3.63) is 62.3 Å². The SMILES string of the molecule is CC(C)=CCc1c(OCC(C)CN2CCCC2)cc2oc3cc(OCC(O)CN4CCCC4)c(C)c(CC=C(C)C)c3c(=O)c2c1O. The lowest BCUT2D eigenvalue weighted by Crippen LogP contribution is -2.33. The molecule has 1 aromatic heterocycles. The molecule has 8 nitrogen and oxygen atoms in total. The highest BCUT2D eigenvalue weighted by Gasteiger charge is 2.24. The van der Waals surface area contributed by atoms with Crippen LogP contribution in [0.5, 0.6) is 17.2 Å². The quantitative estimate of drug-likeness (QED) is 0.144. The van der Waals surface area contributed by atoms with Crippen LogP contribution in [0.3, 0.4) is 0 Å². The van der Waals surface area contributed by atoms with Gasteiger partial charge in [0.1, 0.15) is 46.5 Å². The smallest absolute Gasteiger partial charge is 0.204 e. The molecular weight excluding hydrogens is 592 g/mol. The summed E-state index contributed by atoms with van der Waals surface area (Å²) in [5.41, 5.74) is 4.85. The zero-order valence-electron chi connectivity index (χ0n) is 29.3. The molecule has 2 fully saturated rings. The van der Waals surface area contributed by atoms with E-state index >= 15 is 0 Å². The molecule has 8 heteroatoms. The number of aromatic hydroxyl groups is 1. The van der Waals surface area contributed by atoms with E-state index in [-0.39, 0.29) is 28.8 Å². The molecule has 0 amide bonds. The number of hydrogen-bond acceptors (Lipinski definition) is 8. The molecule has 0 radical (unpaired) electrons. The van der Waals surface area contributed by atoms with Gasteiger partial charge in [0.2, 0.25) is 5.43 Å². The van der Waals surface area contributed by atoms with E-state index in [1.165, 1.54) is 12.8 Å². The summed E-state index contributed by atoms with van der Waals surface area (Å²) in [5, 5.41) is 23.1. The van der Waals surface area contributed by atoms with Crippen molar-refractivity contribution in [2.24, 2.45) is 5.92 Å². The largest absolute Gasteiger partial charge is 0.507 e. The lowest BCUT2D eigenvalue weighted by molar-refractivity contribution is 0.0756. The number of allylic oxidation sites excluding steroid dienone is 4. The van der Waals surface area contributed by atoms with E-state index in [2.05, 4.69) is 22.8 Å². The minimum atomic E-state index is -0.628. The average Bonchev–Trinajstić information content (AvgIpc) is 3.73. The molecule has 2 aliphatic heterocycles. The fourth-order valence-electron chi connectivity index (χ4n) is 6.86. The lowest BCUT2D eigenvalue weighted by atomic mass is 9.96. The Morgan fingerprint density at radius 2 is 1.36 bits per heavy atom. The zero-order valence-corrected chi connectivity index (χ0v) is 29.3. The van der Waals surface area contributed by atoms with Crippen LogP contribution < -0.4 is 14.9 Å². The molecule has 2 saturated heterocycles. The van der Waals surface area contributed by atoms with E-state index in [1.807, 2.05) is 40.7 Å². The van der Waals surface area contributed by atoms with Crippen molar-refractivity contribution in [2.45, 2.75) is 86.2 Å². The van der Waals surface area contributed by atoms with Crippen molar-refractivity contribution in [3.63, 3.8) is 0 Å². The fraction of sp³-hybridized carbons (Fsp3) is 0.564. The number of ether oxygens (including phenoxy) is 2. The number of rotatable bonds is 14. The van der Waals surface area contributed by atoms with Gasteiger partial charge in [0, 0.05) is 36.7 Å². The topological polar surface area (TPSA) is 95.6 Å². The third-order valence-electron chi connectivity index (χ3n) is 9.45. The highest BCUT2D eigenvalue weighted by atomic mass is 16.5. The highest BCUT2D eigenvalue weighted by molar-refractivity contribution is 5.97. The Morgan fingerprint density at radius 1 is 0.830 bits per heavy atom. The number of aliphatic hydroxyl groups excluding tert-OH is 1. The summed E-state index contributed by atoms with van der Waals surface area (Å²) in [7, 11) is 0. The van der Waals surface area contributed by atoms with Crippen LogP contribution in [-0.4, -0.2) is 78.6 Å². The molecule has 2 N–H and O–H groups in total. The maximum Gasteiger partial charge on any atom is 0.204 e. The van der Waals surface area contributed by atoms with E-state index in [0.29, 0.717) is 59.9 Å². The highest BCUT2D eigenvalue weighted by Crippen LogP contribution is 2.39. The van der Waals surface area contributed by atoms with Gasteiger partial charge >= 0.3 is 0 Å². The number of benzene rings is 2. The monoisotopic (exact) mass is 646 g/mol. The number of aliphatic hydroxyl groups is 1. The molecular formula is C39H54N2O6. The van der Waals surface area contributed by atoms with E-state index in [1.54, 1.807) is 12.1 Å². The molecule has 0 aliphatic carbocycles. The molecule has 2 atom stereocenters. The molecule has 2 unspecified atom stereocenters. The lowest BCUT2D eigenvalue weighted by Gasteiger charge is -2.22. The first-order valence-corrected chi connectivity index (χ1v) is 17.4. The number of fused-ring (bicyclic) bond motifs is 2. The average molecular weight is 647 g/mol. The standard InChI is InChI=1S/C39H54N2O6/c1-25(2)11-13-30-28(6)32(46-24-29(42)22-41-17-9-10-18-41)19-34-36(30)39(44)37-35(47-34)20-33(31(38(37)43)14-12-26(3)4)45-23-27(5)21-40-15-7-8-16-40/h11-12,19-20,27,29,42-43H,7-10,13-18,21-24H2,1-6H3. The van der Waals surface area contributed by atoms with E-state index < -0.39 is 6.10 Å². The molecule has 0 bridgehead atoms. The third-order valence-corrected chi connectivity index (χ3v) is 9.45. The van der Waals surface area contributed by atoms with Crippen LogP contribution in [0, 0.1) is 12.8 Å². The van der Waals surface area contributed by atoms with Crippen LogP contribution in [0.25, 0.3) is 21.9 Å². The molecule has 2 aromatic carbocycles. The Bertz CT molecular complexity index is 1670. The van der Waals surface area contributed by atoms with Gasteiger partial charge in [-0.1, -0.05) is 30.2 Å². The van der Waals surface area contributed by atoms with Gasteiger partial charge < -0.3 is 33.9 Å². The second kappa shape index (κ2) is 15.7. The van der Waals surface area contributed by atoms with E-state index in [0.717, 1.165) is 67.8 Å². The van der Waals surface area contributed by atoms with Crippen molar-refractivity contribution in [2.75, 3.05) is 52.5 Å². The summed E-state index contributed by atoms with van der Waals surface area (Å²) in [6.07, 6.45) is 9.25. The molecule has 256 valence electrons. The van der Waals surface area contributed by atoms with Crippen molar-refractivity contribution in [3.8, 4) is 17.2 Å². The van der Waals surface area contributed by atoms with Gasteiger partial charge in [0.15, 0.2) is 0 Å². The molecule has 0 spiro atoms. The van der Waals surface area contributed by atoms with E-state index in [9.17, 15) is 15.0 Å². The number of phenolic OH excluding ortho intramolecular Hbond substituents is 1. The number of hydrogen-bond donors (Lipinski definition) is 2. The first kappa shape index (κ1) is 35.0. The van der Waals surface area contributed by atoms with Gasteiger partial charge in [-0.2, -0.15) is 0 Å². The Hall–Kier alpha value is -3.33. The van der Waals surface area contributed by atoms with Gasteiger partial charge in [0.25, 0.3) is 0 Å². The van der Waals surface area contributed by atoms with Crippen LogP contribution in [-0.2, 0) is 12.8 Å². The van der Waals surface area contributed by atoms with Crippen LogP contribution in [0.2, 0.25) is 0 Å². The van der Waals surface area contributed by atoms with Crippen molar-refractivity contribution in [1.82, 2.24) is 9.80 Å². The Labute approximate surface area is 279 Å². The Kier molecular flexibility index (Phi) is 11.7. The fourth-order valence-corrected chi connectivity index (χ4v) is 6.86. The normalized spacial score (nSPS) is 16.9. The zero-order chi connectivity index (χ0) is 33.7. The number of likely N-dealkylation sites (tertiary alicyclic amines) is 2. The van der Waals surface area contributed by atoms with Gasteiger partial charge in [-0.3, -0.25) is 4.79 Å². The summed E-state index contributed by atoms with van der Waals surface area (Å²) in [6, 6.07) is 3.52. The summed E-state index contributed by atoms with van der Waals surface area (Å²) in [4.78, 5) is 19.1. The van der Waals surface area contributed by atoms with Crippen LogP contribution in [0.4, 0.5) is 0 Å². The molecule has 3 aromatic rings. The van der Waals surface area contributed by atoms with E-state index in [4.69, 9.17) is 13.9 Å². The molecule has 5 rings (SSSR count). The number of nitrogens with zero attached hydrogens (tertiary/aromatic N) is 2. The minimum Gasteiger partial charge on any atom is -0.507 e. The third kappa shape index (κ3) is 8.59. The molecule has 2 aliphatic rings. The van der Waals surface area contributed by atoms with Crippen LogP contribution in [0.15, 0.2) is 44.6 Å².